The number of pyridine rings is 6. The number of ether oxygens (including phenoxy) is 5. The summed E-state index contributed by atoms with van der Waals surface area (Å²) in [6.45, 7) is 15.2. The molecule has 0 saturated carbocycles. The molecule has 1 amide bonds. The van der Waals surface area contributed by atoms with Gasteiger partial charge in [0.25, 0.3) is 11.1 Å². The number of hydrogen-bond donors (Lipinski definition) is 1. The van der Waals surface area contributed by atoms with E-state index < -0.39 is 5.60 Å². The van der Waals surface area contributed by atoms with Crippen LogP contribution < -0.4 is 35.4 Å². The van der Waals surface area contributed by atoms with E-state index in [1.54, 1.807) is 58.5 Å². The van der Waals surface area contributed by atoms with Crippen molar-refractivity contribution in [3.63, 3.8) is 0 Å². The fourth-order valence-corrected chi connectivity index (χ4v) is 9.93. The summed E-state index contributed by atoms with van der Waals surface area (Å²) in [6, 6.07) is 14.9. The Morgan fingerprint density at radius 1 is 0.648 bits per heavy atom. The van der Waals surface area contributed by atoms with Crippen molar-refractivity contribution in [2.45, 2.75) is 90.3 Å². The fraction of sp³-hybridized carbons (Fsp3) is 0.471. The van der Waals surface area contributed by atoms with E-state index in [4.69, 9.17) is 23.7 Å². The summed E-state index contributed by atoms with van der Waals surface area (Å²) in [5.41, 5.74) is 4.37. The predicted molar refractivity (Wildman–Crippen MR) is 275 cm³/mol. The number of amides is 1. The molecule has 0 bridgehead atoms. The number of likely N-dealkylation sites (tertiary alicyclic amines) is 2. The number of nitrogens with zero attached hydrogens (tertiary/aromatic N) is 9. The van der Waals surface area contributed by atoms with Crippen molar-refractivity contribution in [2.24, 2.45) is 0 Å². The van der Waals surface area contributed by atoms with Crippen LogP contribution in [0.5, 0.6) is 23.0 Å². The number of nitrogens with one attached hydrogen (secondary N) is 1. The summed E-state index contributed by atoms with van der Waals surface area (Å²) >= 11 is 6.92. The van der Waals surface area contributed by atoms with Gasteiger partial charge < -0.3 is 47.9 Å². The van der Waals surface area contributed by atoms with Crippen LogP contribution in [0.3, 0.4) is 0 Å². The minimum absolute atomic E-state index is 0.00605. The Labute approximate surface area is 428 Å². The first kappa shape index (κ1) is 50.3. The lowest BCUT2D eigenvalue weighted by Gasteiger charge is -2.39. The molecule has 1 N–H and O–H groups in total. The number of carbonyl (C=O) groups is 1. The van der Waals surface area contributed by atoms with Crippen LogP contribution in [0.4, 0.5) is 4.79 Å². The van der Waals surface area contributed by atoms with Gasteiger partial charge in [0.15, 0.2) is 23.0 Å². The third-order valence-electron chi connectivity index (χ3n) is 13.0. The fourth-order valence-electron chi connectivity index (χ4n) is 9.29. The van der Waals surface area contributed by atoms with E-state index >= 15 is 0 Å². The number of carbonyl (C=O) groups excluding carboxylic acids is 1. The van der Waals surface area contributed by atoms with Crippen LogP contribution in [0.2, 0.25) is 0 Å². The van der Waals surface area contributed by atoms with Crippen LogP contribution in [0.1, 0.15) is 57.8 Å². The van der Waals surface area contributed by atoms with Crippen LogP contribution in [-0.4, -0.2) is 133 Å². The molecule has 18 nitrogen and oxygen atoms in total. The second-order valence-electron chi connectivity index (χ2n) is 19.1. The second-order valence-corrected chi connectivity index (χ2v) is 20.9. The Balaban J connectivity index is 0.000000179. The highest BCUT2D eigenvalue weighted by atomic mass is 79.9. The van der Waals surface area contributed by atoms with Crippen molar-refractivity contribution < 1.29 is 28.5 Å². The van der Waals surface area contributed by atoms with Gasteiger partial charge in [0.05, 0.1) is 52.4 Å². The lowest BCUT2D eigenvalue weighted by atomic mass is 10.0. The average molecular weight is 1100 g/mol. The van der Waals surface area contributed by atoms with E-state index in [-0.39, 0.29) is 23.3 Å². The number of hydrogen-bond acceptors (Lipinski definition) is 15. The third-order valence-corrected chi connectivity index (χ3v) is 13.8. The van der Waals surface area contributed by atoms with Gasteiger partial charge in [-0.3, -0.25) is 34.4 Å². The van der Waals surface area contributed by atoms with Crippen LogP contribution in [0, 0.1) is 0 Å². The molecule has 376 valence electrons. The maximum atomic E-state index is 13.3. The number of fused-ring (bicyclic) bond motifs is 4. The molecule has 0 aliphatic carbocycles. The predicted octanol–water partition coefficient (Wildman–Crippen LogP) is 6.81. The quantitative estimate of drug-likeness (QED) is 0.135. The highest BCUT2D eigenvalue weighted by molar-refractivity contribution is 9.10. The van der Waals surface area contributed by atoms with E-state index in [0.29, 0.717) is 70.1 Å². The van der Waals surface area contributed by atoms with E-state index in [9.17, 15) is 14.4 Å². The van der Waals surface area contributed by atoms with E-state index in [1.165, 1.54) is 0 Å². The zero-order valence-corrected chi connectivity index (χ0v) is 43.5. The van der Waals surface area contributed by atoms with Crippen molar-refractivity contribution in [2.75, 3.05) is 65.7 Å². The lowest BCUT2D eigenvalue weighted by Crippen LogP contribution is -2.49. The third kappa shape index (κ3) is 13.1. The van der Waals surface area contributed by atoms with E-state index in [2.05, 4.69) is 66.9 Å². The average Bonchev–Trinajstić information content (AvgIpc) is 3.37. The summed E-state index contributed by atoms with van der Waals surface area (Å²) in [5.74, 6) is 2.78. The Morgan fingerprint density at radius 2 is 1.13 bits per heavy atom. The van der Waals surface area contributed by atoms with Crippen LogP contribution >= 0.6 is 31.9 Å². The molecule has 6 aromatic heterocycles. The van der Waals surface area contributed by atoms with Gasteiger partial charge >= 0.3 is 6.09 Å². The second kappa shape index (κ2) is 22.8. The number of aromatic nitrogens is 6. The molecular formula is C51H60Br2N10O8. The molecule has 71 heavy (non-hydrogen) atoms. The summed E-state index contributed by atoms with van der Waals surface area (Å²) in [4.78, 5) is 62.7. The Kier molecular flexibility index (Phi) is 16.2. The van der Waals surface area contributed by atoms with Gasteiger partial charge in [-0.2, -0.15) is 0 Å². The van der Waals surface area contributed by atoms with Gasteiger partial charge in [-0.15, -0.1) is 0 Å². The van der Waals surface area contributed by atoms with Crippen molar-refractivity contribution in [1.29, 1.82) is 0 Å². The molecule has 0 spiro atoms. The Morgan fingerprint density at radius 3 is 1.65 bits per heavy atom. The molecule has 2 fully saturated rings. The molecule has 20 heteroatoms. The molecule has 0 unspecified atom stereocenters. The maximum absolute atomic E-state index is 13.3. The Bertz CT molecular complexity index is 2950. The molecule has 10 heterocycles. The SMILES string of the molecule is CC(C)(C)OC(=O)N(Cc1cc2c(cn1)OCCO2)C1CCN(CCn2c(=O)ccc3ncc(Br)cc32)CC1.O=c1ccc2ncc(Br)cc2n1CCN1CCC(NCc2cc3c(cn2)OCCO3)CC1. The van der Waals surface area contributed by atoms with Gasteiger partial charge in [0, 0.05) is 104 Å². The van der Waals surface area contributed by atoms with Gasteiger partial charge in [0.2, 0.25) is 0 Å². The topological polar surface area (TPSA) is 181 Å². The van der Waals surface area contributed by atoms with Crippen molar-refractivity contribution in [3.8, 4) is 23.0 Å². The summed E-state index contributed by atoms with van der Waals surface area (Å²) in [7, 11) is 0. The molecule has 4 aliphatic heterocycles. The highest BCUT2D eigenvalue weighted by Crippen LogP contribution is 2.32. The minimum Gasteiger partial charge on any atom is -0.486 e. The summed E-state index contributed by atoms with van der Waals surface area (Å²) in [5, 5.41) is 3.62. The standard InChI is InChI=1S/C28H34BrN5O5.C23H26BrN5O3/c1-28(2,3)39-27(36)34(18-20-15-24-25(17-30-20)38-13-12-37-24)21-6-8-32(9-7-21)10-11-33-23-14-19(29)16-31-22(23)4-5-26(33)35;24-16-11-20-19(27-13-16)1-2-23(30)29(20)8-7-28-5-3-17(4-6-28)25-14-18-12-21-22(15-26-18)32-10-9-31-21/h4-5,14-17,21H,6-13,18H2,1-3H3;1-2,11-13,15,17,25H,3-10,14H2. The van der Waals surface area contributed by atoms with Crippen molar-refractivity contribution in [3.05, 3.63) is 114 Å². The molecule has 4 aliphatic rings. The van der Waals surface area contributed by atoms with E-state index in [1.807, 2.05) is 49.6 Å². The van der Waals surface area contributed by atoms with Crippen molar-refractivity contribution >= 4 is 60.0 Å². The highest BCUT2D eigenvalue weighted by Gasteiger charge is 2.32. The van der Waals surface area contributed by atoms with Crippen LogP contribution in [0.15, 0.2) is 91.9 Å². The normalized spacial score (nSPS) is 16.6. The number of piperidine rings is 2. The van der Waals surface area contributed by atoms with Gasteiger partial charge in [-0.05, 0) is 116 Å². The molecule has 6 aromatic rings. The van der Waals surface area contributed by atoms with Gasteiger partial charge in [0.1, 0.15) is 32.0 Å². The molecule has 2 saturated heterocycles. The molecule has 10 rings (SSSR count). The van der Waals surface area contributed by atoms with Crippen LogP contribution in [-0.2, 0) is 30.9 Å². The zero-order chi connectivity index (χ0) is 49.5. The van der Waals surface area contributed by atoms with Gasteiger partial charge in [-0.25, -0.2) is 4.79 Å². The molecule has 0 radical (unpaired) electrons. The Hall–Kier alpha value is -5.67. The maximum Gasteiger partial charge on any atom is 0.410 e. The molecule has 0 aromatic carbocycles. The lowest BCUT2D eigenvalue weighted by molar-refractivity contribution is 0.00529. The number of halogens is 2. The smallest absolute Gasteiger partial charge is 0.410 e. The minimum atomic E-state index is -0.605. The first-order valence-corrected chi connectivity index (χ1v) is 25.9. The first-order chi connectivity index (χ1) is 34.3. The summed E-state index contributed by atoms with van der Waals surface area (Å²) in [6.07, 6.45) is 10.3. The van der Waals surface area contributed by atoms with Crippen molar-refractivity contribution in [1.82, 2.24) is 49.1 Å². The molecule has 0 atom stereocenters. The first-order valence-electron chi connectivity index (χ1n) is 24.3. The largest absolute Gasteiger partial charge is 0.486 e. The van der Waals surface area contributed by atoms with Gasteiger partial charge in [-0.1, -0.05) is 0 Å². The van der Waals surface area contributed by atoms with E-state index in [0.717, 1.165) is 119 Å². The zero-order valence-electron chi connectivity index (χ0n) is 40.4. The molecular weight excluding hydrogens is 1040 g/mol. The van der Waals surface area contributed by atoms with Crippen LogP contribution in [0.25, 0.3) is 22.1 Å². The number of rotatable bonds is 12. The summed E-state index contributed by atoms with van der Waals surface area (Å²) < 4.78 is 33.6. The monoisotopic (exact) mass is 1100 g/mol.